The Morgan fingerprint density at radius 3 is 2.70 bits per heavy atom. The summed E-state index contributed by atoms with van der Waals surface area (Å²) in [4.78, 5) is 11.0. The third-order valence-electron chi connectivity index (χ3n) is 4.54. The fraction of sp³-hybridized carbons (Fsp3) is 0.421. The molecule has 0 bridgehead atoms. The number of ether oxygens (including phenoxy) is 1. The van der Waals surface area contributed by atoms with Crippen LogP contribution >= 0.6 is 0 Å². The molecule has 4 nitrogen and oxygen atoms in total. The van der Waals surface area contributed by atoms with Crippen LogP contribution in [0.25, 0.3) is 10.8 Å². The van der Waals surface area contributed by atoms with Gasteiger partial charge in [-0.1, -0.05) is 49.6 Å². The Morgan fingerprint density at radius 1 is 1.13 bits per heavy atom. The van der Waals surface area contributed by atoms with Crippen LogP contribution in [0.3, 0.4) is 0 Å². The van der Waals surface area contributed by atoms with Crippen LogP contribution in [0.4, 0.5) is 0 Å². The molecule has 0 saturated heterocycles. The van der Waals surface area contributed by atoms with Crippen molar-refractivity contribution in [3.63, 3.8) is 0 Å². The minimum absolute atomic E-state index is 0.0885. The van der Waals surface area contributed by atoms with Crippen LogP contribution in [0.2, 0.25) is 0 Å². The molecule has 1 aliphatic carbocycles. The van der Waals surface area contributed by atoms with Gasteiger partial charge in [-0.05, 0) is 29.7 Å². The summed E-state index contributed by atoms with van der Waals surface area (Å²) in [5.74, 6) is 0.287. The van der Waals surface area contributed by atoms with Crippen LogP contribution in [0, 0.1) is 0 Å². The molecule has 3 N–H and O–H groups in total. The van der Waals surface area contributed by atoms with E-state index in [0.717, 1.165) is 23.2 Å². The molecule has 1 amide bonds. The van der Waals surface area contributed by atoms with Crippen molar-refractivity contribution in [2.24, 2.45) is 5.73 Å². The Hall–Kier alpha value is -2.07. The fourth-order valence-corrected chi connectivity index (χ4v) is 3.34. The highest BCUT2D eigenvalue weighted by atomic mass is 16.5. The predicted molar refractivity (Wildman–Crippen MR) is 92.4 cm³/mol. The summed E-state index contributed by atoms with van der Waals surface area (Å²) in [7, 11) is 0. The number of benzene rings is 2. The zero-order chi connectivity index (χ0) is 16.1. The lowest BCUT2D eigenvalue weighted by Gasteiger charge is -2.24. The summed E-state index contributed by atoms with van der Waals surface area (Å²) in [6, 6.07) is 12.8. The van der Waals surface area contributed by atoms with E-state index in [0.29, 0.717) is 6.04 Å². The minimum atomic E-state index is -0.454. The van der Waals surface area contributed by atoms with E-state index in [2.05, 4.69) is 17.4 Å². The zero-order valence-corrected chi connectivity index (χ0v) is 13.4. The molecule has 1 aliphatic rings. The number of fused-ring (bicyclic) bond motifs is 1. The van der Waals surface area contributed by atoms with E-state index in [-0.39, 0.29) is 6.61 Å². The van der Waals surface area contributed by atoms with E-state index in [1.54, 1.807) is 0 Å². The van der Waals surface area contributed by atoms with Gasteiger partial charge >= 0.3 is 0 Å². The van der Waals surface area contributed by atoms with Gasteiger partial charge in [0.1, 0.15) is 5.75 Å². The van der Waals surface area contributed by atoms with E-state index in [4.69, 9.17) is 10.5 Å². The molecule has 122 valence electrons. The molecular weight excluding hydrogens is 288 g/mol. The molecule has 2 aromatic rings. The molecule has 0 atom stereocenters. The standard InChI is InChI=1S/C19H24N2O2/c20-19(22)13-23-18-11-10-14-6-4-5-9-16(14)17(18)12-21-15-7-2-1-3-8-15/h4-6,9-11,15,21H,1-3,7-8,12-13H2,(H2,20,22). The lowest BCUT2D eigenvalue weighted by molar-refractivity contribution is -0.119. The normalized spacial score (nSPS) is 15.7. The number of amides is 1. The number of carbonyl (C=O) groups excluding carboxylic acids is 1. The number of hydrogen-bond donors (Lipinski definition) is 2. The number of nitrogens with two attached hydrogens (primary N) is 1. The smallest absolute Gasteiger partial charge is 0.255 e. The number of rotatable bonds is 6. The first-order valence-electron chi connectivity index (χ1n) is 8.39. The van der Waals surface area contributed by atoms with Gasteiger partial charge in [-0.3, -0.25) is 4.79 Å². The van der Waals surface area contributed by atoms with E-state index in [9.17, 15) is 4.79 Å². The molecule has 1 fully saturated rings. The number of carbonyl (C=O) groups is 1. The average molecular weight is 312 g/mol. The Kier molecular flexibility index (Phi) is 5.13. The highest BCUT2D eigenvalue weighted by Crippen LogP contribution is 2.29. The van der Waals surface area contributed by atoms with E-state index < -0.39 is 5.91 Å². The molecular formula is C19H24N2O2. The molecule has 0 unspecified atom stereocenters. The molecule has 0 aliphatic heterocycles. The van der Waals surface area contributed by atoms with Crippen molar-refractivity contribution in [2.45, 2.75) is 44.7 Å². The molecule has 4 heteroatoms. The van der Waals surface area contributed by atoms with Gasteiger partial charge in [0.2, 0.25) is 0 Å². The minimum Gasteiger partial charge on any atom is -0.483 e. The monoisotopic (exact) mass is 312 g/mol. The molecule has 0 heterocycles. The van der Waals surface area contributed by atoms with E-state index in [1.807, 2.05) is 24.3 Å². The van der Waals surface area contributed by atoms with Gasteiger partial charge in [-0.15, -0.1) is 0 Å². The summed E-state index contributed by atoms with van der Waals surface area (Å²) in [6.07, 6.45) is 6.43. The first-order valence-corrected chi connectivity index (χ1v) is 8.39. The second kappa shape index (κ2) is 7.47. The highest BCUT2D eigenvalue weighted by Gasteiger charge is 2.15. The largest absolute Gasteiger partial charge is 0.483 e. The Labute approximate surface area is 137 Å². The molecule has 1 saturated carbocycles. The van der Waals surface area contributed by atoms with Crippen molar-refractivity contribution in [2.75, 3.05) is 6.61 Å². The first kappa shape index (κ1) is 15.8. The van der Waals surface area contributed by atoms with Crippen molar-refractivity contribution < 1.29 is 9.53 Å². The van der Waals surface area contributed by atoms with Crippen LogP contribution in [-0.4, -0.2) is 18.6 Å². The maximum atomic E-state index is 11.0. The Bertz CT molecular complexity index is 678. The Morgan fingerprint density at radius 2 is 1.91 bits per heavy atom. The van der Waals surface area contributed by atoms with Gasteiger partial charge in [-0.2, -0.15) is 0 Å². The van der Waals surface area contributed by atoms with Gasteiger partial charge in [0, 0.05) is 18.2 Å². The highest BCUT2D eigenvalue weighted by molar-refractivity contribution is 5.88. The number of primary amides is 1. The summed E-state index contributed by atoms with van der Waals surface area (Å²) in [5, 5.41) is 6.01. The van der Waals surface area contributed by atoms with E-state index >= 15 is 0 Å². The molecule has 3 rings (SSSR count). The maximum Gasteiger partial charge on any atom is 0.255 e. The molecule has 0 spiro atoms. The van der Waals surface area contributed by atoms with Gasteiger partial charge < -0.3 is 15.8 Å². The zero-order valence-electron chi connectivity index (χ0n) is 13.4. The van der Waals surface area contributed by atoms with Gasteiger partial charge in [0.25, 0.3) is 5.91 Å². The van der Waals surface area contributed by atoms with Crippen molar-refractivity contribution in [1.82, 2.24) is 5.32 Å². The predicted octanol–water partition coefficient (Wildman–Crippen LogP) is 3.13. The molecule has 0 aromatic heterocycles. The third kappa shape index (κ3) is 4.02. The van der Waals surface area contributed by atoms with Crippen LogP contribution in [0.5, 0.6) is 5.75 Å². The van der Waals surface area contributed by atoms with Crippen molar-refractivity contribution in [3.8, 4) is 5.75 Å². The Balaban J connectivity index is 1.83. The van der Waals surface area contributed by atoms with Crippen molar-refractivity contribution in [1.29, 1.82) is 0 Å². The van der Waals surface area contributed by atoms with Gasteiger partial charge in [-0.25, -0.2) is 0 Å². The lowest BCUT2D eigenvalue weighted by atomic mass is 9.95. The molecule has 0 radical (unpaired) electrons. The number of nitrogens with one attached hydrogen (secondary N) is 1. The quantitative estimate of drug-likeness (QED) is 0.861. The van der Waals surface area contributed by atoms with Crippen LogP contribution < -0.4 is 15.8 Å². The van der Waals surface area contributed by atoms with Gasteiger partial charge in [0.05, 0.1) is 0 Å². The SMILES string of the molecule is NC(=O)COc1ccc2ccccc2c1CNC1CCCCC1. The molecule has 2 aromatic carbocycles. The van der Waals surface area contributed by atoms with Crippen molar-refractivity contribution >= 4 is 16.7 Å². The molecule has 23 heavy (non-hydrogen) atoms. The van der Waals surface area contributed by atoms with Crippen LogP contribution in [0.1, 0.15) is 37.7 Å². The van der Waals surface area contributed by atoms with Crippen molar-refractivity contribution in [3.05, 3.63) is 42.0 Å². The number of hydrogen-bond acceptors (Lipinski definition) is 3. The maximum absolute atomic E-state index is 11.0. The lowest BCUT2D eigenvalue weighted by Crippen LogP contribution is -2.30. The first-order chi connectivity index (χ1) is 11.2. The summed E-state index contributed by atoms with van der Waals surface area (Å²) in [5.41, 5.74) is 6.32. The second-order valence-corrected chi connectivity index (χ2v) is 6.23. The second-order valence-electron chi connectivity index (χ2n) is 6.23. The summed E-state index contributed by atoms with van der Waals surface area (Å²) in [6.45, 7) is 0.662. The topological polar surface area (TPSA) is 64.4 Å². The fourth-order valence-electron chi connectivity index (χ4n) is 3.34. The van der Waals surface area contributed by atoms with Crippen LogP contribution in [-0.2, 0) is 11.3 Å². The van der Waals surface area contributed by atoms with Crippen LogP contribution in [0.15, 0.2) is 36.4 Å². The van der Waals surface area contributed by atoms with Gasteiger partial charge in [0.15, 0.2) is 6.61 Å². The van der Waals surface area contributed by atoms with E-state index in [1.165, 1.54) is 37.5 Å². The summed E-state index contributed by atoms with van der Waals surface area (Å²) < 4.78 is 5.63. The average Bonchev–Trinajstić information content (AvgIpc) is 2.59. The third-order valence-corrected chi connectivity index (χ3v) is 4.54. The summed E-state index contributed by atoms with van der Waals surface area (Å²) >= 11 is 0.